The third kappa shape index (κ3) is 4.20. The van der Waals surface area contributed by atoms with Crippen LogP contribution in [0.1, 0.15) is 82.9 Å². The second kappa shape index (κ2) is 8.46. The Hall–Kier alpha value is -1.89. The van der Waals surface area contributed by atoms with Crippen molar-refractivity contribution < 1.29 is 4.74 Å². The molecule has 0 spiro atoms. The Balaban J connectivity index is 1.49. The van der Waals surface area contributed by atoms with E-state index < -0.39 is 0 Å². The van der Waals surface area contributed by atoms with E-state index in [1.54, 1.807) is 0 Å². The van der Waals surface area contributed by atoms with Crippen molar-refractivity contribution in [2.45, 2.75) is 89.2 Å². The van der Waals surface area contributed by atoms with Gasteiger partial charge in [0.2, 0.25) is 5.88 Å². The molecule has 1 N–H and O–H groups in total. The minimum atomic E-state index is 0.286. The van der Waals surface area contributed by atoms with Gasteiger partial charge in [0.15, 0.2) is 5.82 Å². The average molecular weight is 399 g/mol. The SMILES string of the molecule is CC1CN(c2cc(OC3CCCCC3)nc3nc(C4CCCCC4)nn23)CCN1. The van der Waals surface area contributed by atoms with Crippen LogP contribution >= 0.6 is 0 Å². The molecule has 1 aliphatic heterocycles. The van der Waals surface area contributed by atoms with E-state index in [2.05, 4.69) is 23.2 Å². The zero-order valence-electron chi connectivity index (χ0n) is 17.6. The molecule has 2 aromatic rings. The van der Waals surface area contributed by atoms with Crippen molar-refractivity contribution in [3.63, 3.8) is 0 Å². The van der Waals surface area contributed by atoms with Crippen molar-refractivity contribution in [2.75, 3.05) is 24.5 Å². The number of nitrogens with zero attached hydrogens (tertiary/aromatic N) is 5. The summed E-state index contributed by atoms with van der Waals surface area (Å²) in [7, 11) is 0. The number of aromatic nitrogens is 4. The fourth-order valence-electron chi connectivity index (χ4n) is 5.16. The molecule has 29 heavy (non-hydrogen) atoms. The Morgan fingerprint density at radius 1 is 1.00 bits per heavy atom. The predicted octanol–water partition coefficient (Wildman–Crippen LogP) is 3.68. The van der Waals surface area contributed by atoms with Crippen molar-refractivity contribution in [3.05, 3.63) is 11.9 Å². The van der Waals surface area contributed by atoms with Gasteiger partial charge in [0.1, 0.15) is 11.9 Å². The molecule has 5 rings (SSSR count). The van der Waals surface area contributed by atoms with Gasteiger partial charge in [0.05, 0.1) is 0 Å². The zero-order chi connectivity index (χ0) is 19.6. The summed E-state index contributed by atoms with van der Waals surface area (Å²) >= 11 is 0. The molecule has 2 saturated carbocycles. The number of hydrogen-bond acceptors (Lipinski definition) is 6. The number of ether oxygens (including phenoxy) is 1. The molecule has 2 aliphatic carbocycles. The van der Waals surface area contributed by atoms with Gasteiger partial charge in [0.25, 0.3) is 5.78 Å². The summed E-state index contributed by atoms with van der Waals surface area (Å²) < 4.78 is 8.31. The normalized spacial score (nSPS) is 24.9. The summed E-state index contributed by atoms with van der Waals surface area (Å²) in [4.78, 5) is 12.1. The molecule has 0 aromatic carbocycles. The minimum Gasteiger partial charge on any atom is -0.474 e. The Labute approximate surface area is 173 Å². The Bertz CT molecular complexity index is 824. The van der Waals surface area contributed by atoms with Gasteiger partial charge in [-0.05, 0) is 45.4 Å². The van der Waals surface area contributed by atoms with Crippen LogP contribution in [0, 0.1) is 0 Å². The van der Waals surface area contributed by atoms with Gasteiger partial charge in [-0.3, -0.25) is 0 Å². The van der Waals surface area contributed by atoms with Crippen LogP contribution in [0.4, 0.5) is 5.82 Å². The second-order valence-corrected chi connectivity index (χ2v) is 9.15. The molecule has 3 fully saturated rings. The van der Waals surface area contributed by atoms with Crippen LogP contribution in [-0.4, -0.2) is 51.4 Å². The van der Waals surface area contributed by atoms with Gasteiger partial charge in [0, 0.05) is 37.7 Å². The van der Waals surface area contributed by atoms with Crippen molar-refractivity contribution in [1.29, 1.82) is 0 Å². The summed E-state index contributed by atoms with van der Waals surface area (Å²) in [6.07, 6.45) is 12.7. The highest BCUT2D eigenvalue weighted by Crippen LogP contribution is 2.32. The van der Waals surface area contributed by atoms with Crippen LogP contribution in [-0.2, 0) is 0 Å². The largest absolute Gasteiger partial charge is 0.474 e. The lowest BCUT2D eigenvalue weighted by atomic mass is 9.89. The van der Waals surface area contributed by atoms with E-state index in [4.69, 9.17) is 19.8 Å². The summed E-state index contributed by atoms with van der Waals surface area (Å²) in [5, 5.41) is 8.48. The second-order valence-electron chi connectivity index (χ2n) is 9.15. The molecular formula is C22H34N6O. The van der Waals surface area contributed by atoms with Gasteiger partial charge >= 0.3 is 0 Å². The standard InChI is InChI=1S/C22H34N6O/c1-16-15-27(13-12-23-16)20-14-19(29-18-10-6-3-7-11-18)24-22-25-21(26-28(20)22)17-8-4-2-5-9-17/h14,16-18,23H,2-13,15H2,1H3. The van der Waals surface area contributed by atoms with Crippen LogP contribution in [0.25, 0.3) is 5.78 Å². The first-order chi connectivity index (χ1) is 14.3. The number of hydrogen-bond donors (Lipinski definition) is 1. The maximum atomic E-state index is 6.34. The van der Waals surface area contributed by atoms with E-state index in [9.17, 15) is 0 Å². The molecule has 3 aliphatic rings. The molecule has 1 atom stereocenters. The van der Waals surface area contributed by atoms with Gasteiger partial charge in [-0.2, -0.15) is 14.5 Å². The van der Waals surface area contributed by atoms with E-state index in [-0.39, 0.29) is 6.10 Å². The van der Waals surface area contributed by atoms with Crippen LogP contribution in [0.3, 0.4) is 0 Å². The van der Waals surface area contributed by atoms with Gasteiger partial charge < -0.3 is 15.0 Å². The fraction of sp³-hybridized carbons (Fsp3) is 0.773. The predicted molar refractivity (Wildman–Crippen MR) is 114 cm³/mol. The molecule has 3 heterocycles. The molecule has 0 radical (unpaired) electrons. The van der Waals surface area contributed by atoms with Crippen LogP contribution < -0.4 is 15.0 Å². The lowest BCUT2D eigenvalue weighted by Crippen LogP contribution is -2.49. The Morgan fingerprint density at radius 3 is 2.52 bits per heavy atom. The molecule has 1 saturated heterocycles. The average Bonchev–Trinajstić information content (AvgIpc) is 3.19. The zero-order valence-corrected chi connectivity index (χ0v) is 17.6. The Kier molecular flexibility index (Phi) is 5.57. The first-order valence-corrected chi connectivity index (χ1v) is 11.7. The highest BCUT2D eigenvalue weighted by molar-refractivity contribution is 5.50. The van der Waals surface area contributed by atoms with E-state index >= 15 is 0 Å². The smallest absolute Gasteiger partial charge is 0.257 e. The summed E-state index contributed by atoms with van der Waals surface area (Å²) in [6, 6.07) is 2.55. The van der Waals surface area contributed by atoms with Crippen molar-refractivity contribution >= 4 is 11.6 Å². The number of rotatable bonds is 4. The van der Waals surface area contributed by atoms with Crippen molar-refractivity contribution in [3.8, 4) is 5.88 Å². The molecule has 0 amide bonds. The third-order valence-corrected chi connectivity index (χ3v) is 6.79. The van der Waals surface area contributed by atoms with Gasteiger partial charge in [-0.1, -0.05) is 25.7 Å². The molecule has 158 valence electrons. The lowest BCUT2D eigenvalue weighted by Gasteiger charge is -2.33. The first kappa shape index (κ1) is 19.1. The summed E-state index contributed by atoms with van der Waals surface area (Å²) in [6.45, 7) is 5.14. The lowest BCUT2D eigenvalue weighted by molar-refractivity contribution is 0.149. The van der Waals surface area contributed by atoms with E-state index in [1.165, 1.54) is 51.4 Å². The molecule has 0 bridgehead atoms. The van der Waals surface area contributed by atoms with Crippen molar-refractivity contribution in [1.82, 2.24) is 24.9 Å². The van der Waals surface area contributed by atoms with Crippen molar-refractivity contribution in [2.24, 2.45) is 0 Å². The van der Waals surface area contributed by atoms with E-state index in [0.717, 1.165) is 44.1 Å². The molecule has 1 unspecified atom stereocenters. The van der Waals surface area contributed by atoms with E-state index in [1.807, 2.05) is 4.52 Å². The van der Waals surface area contributed by atoms with E-state index in [0.29, 0.717) is 23.6 Å². The highest BCUT2D eigenvalue weighted by Gasteiger charge is 2.25. The summed E-state index contributed by atoms with van der Waals surface area (Å²) in [5.74, 6) is 3.93. The molecule has 2 aromatic heterocycles. The molecule has 7 nitrogen and oxygen atoms in total. The number of anilines is 1. The highest BCUT2D eigenvalue weighted by atomic mass is 16.5. The topological polar surface area (TPSA) is 67.6 Å². The first-order valence-electron chi connectivity index (χ1n) is 11.7. The number of nitrogens with one attached hydrogen (secondary N) is 1. The van der Waals surface area contributed by atoms with Gasteiger partial charge in [-0.25, -0.2) is 0 Å². The Morgan fingerprint density at radius 2 is 1.76 bits per heavy atom. The molecular weight excluding hydrogens is 364 g/mol. The minimum absolute atomic E-state index is 0.286. The van der Waals surface area contributed by atoms with Crippen LogP contribution in [0.15, 0.2) is 6.07 Å². The van der Waals surface area contributed by atoms with Gasteiger partial charge in [-0.15, -0.1) is 5.10 Å². The third-order valence-electron chi connectivity index (χ3n) is 6.79. The summed E-state index contributed by atoms with van der Waals surface area (Å²) in [5.41, 5.74) is 0. The maximum Gasteiger partial charge on any atom is 0.257 e. The monoisotopic (exact) mass is 398 g/mol. The molecule has 7 heteroatoms. The number of piperazine rings is 1. The van der Waals surface area contributed by atoms with Crippen LogP contribution in [0.5, 0.6) is 5.88 Å². The van der Waals surface area contributed by atoms with Crippen LogP contribution in [0.2, 0.25) is 0 Å². The maximum absolute atomic E-state index is 6.34. The quantitative estimate of drug-likeness (QED) is 0.847. The fourth-order valence-corrected chi connectivity index (χ4v) is 5.16. The number of fused-ring (bicyclic) bond motifs is 1.